The molecule has 2 rings (SSSR count). The van der Waals surface area contributed by atoms with Gasteiger partial charge in [0.05, 0.1) is 13.0 Å². The maximum atomic E-state index is 13.1. The van der Waals surface area contributed by atoms with Crippen LogP contribution in [0.4, 0.5) is 10.2 Å². The third-order valence-electron chi connectivity index (χ3n) is 3.63. The van der Waals surface area contributed by atoms with Gasteiger partial charge in [-0.3, -0.25) is 4.79 Å². The Hall–Kier alpha value is -2.50. The van der Waals surface area contributed by atoms with Crippen molar-refractivity contribution < 1.29 is 13.9 Å². The lowest BCUT2D eigenvalue weighted by Crippen LogP contribution is -2.23. The number of carbonyl (C=O) groups is 1. The Morgan fingerprint density at radius 1 is 1.25 bits per heavy atom. The summed E-state index contributed by atoms with van der Waals surface area (Å²) in [4.78, 5) is 20.9. The second kappa shape index (κ2) is 7.86. The molecule has 0 aliphatic rings. The molecule has 1 aromatic carbocycles. The molecule has 0 spiro atoms. The van der Waals surface area contributed by atoms with Gasteiger partial charge in [0.15, 0.2) is 0 Å². The molecule has 0 saturated heterocycles. The SMILES string of the molecule is COC(=O)C(CNc1cc(C)nc(C(C)C)n1)c1ccc(F)cc1. The number of aryl methyl sites for hydroxylation is 1. The number of halogens is 1. The second-order valence-corrected chi connectivity index (χ2v) is 5.92. The number of hydrogen-bond acceptors (Lipinski definition) is 5. The molecule has 1 aromatic heterocycles. The van der Waals surface area contributed by atoms with Gasteiger partial charge in [0.2, 0.25) is 0 Å². The van der Waals surface area contributed by atoms with Crippen LogP contribution in [-0.2, 0) is 9.53 Å². The van der Waals surface area contributed by atoms with Crippen molar-refractivity contribution in [3.63, 3.8) is 0 Å². The maximum absolute atomic E-state index is 13.1. The first-order chi connectivity index (χ1) is 11.4. The van der Waals surface area contributed by atoms with Crippen molar-refractivity contribution in [2.24, 2.45) is 0 Å². The number of esters is 1. The molecule has 1 unspecified atom stereocenters. The van der Waals surface area contributed by atoms with Gasteiger partial charge in [0.1, 0.15) is 17.5 Å². The number of methoxy groups -OCH3 is 1. The fraction of sp³-hybridized carbons (Fsp3) is 0.389. The third kappa shape index (κ3) is 4.50. The van der Waals surface area contributed by atoms with Gasteiger partial charge in [-0.05, 0) is 24.6 Å². The van der Waals surface area contributed by atoms with Crippen LogP contribution in [0.15, 0.2) is 30.3 Å². The van der Waals surface area contributed by atoms with E-state index in [1.54, 1.807) is 12.1 Å². The smallest absolute Gasteiger partial charge is 0.314 e. The van der Waals surface area contributed by atoms with Crippen molar-refractivity contribution >= 4 is 11.8 Å². The summed E-state index contributed by atoms with van der Waals surface area (Å²) in [5.41, 5.74) is 1.54. The lowest BCUT2D eigenvalue weighted by atomic mass is 9.99. The standard InChI is InChI=1S/C18H22FN3O2/c1-11(2)17-21-12(3)9-16(22-17)20-10-15(18(23)24-4)13-5-7-14(19)8-6-13/h5-9,11,15H,10H2,1-4H3,(H,20,21,22). The first-order valence-corrected chi connectivity index (χ1v) is 7.83. The second-order valence-electron chi connectivity index (χ2n) is 5.92. The van der Waals surface area contributed by atoms with Gasteiger partial charge in [0, 0.05) is 24.2 Å². The monoisotopic (exact) mass is 331 g/mol. The van der Waals surface area contributed by atoms with Crippen LogP contribution in [0.1, 0.15) is 42.8 Å². The predicted octanol–water partition coefficient (Wildman–Crippen LogP) is 3.42. The number of anilines is 1. The van der Waals surface area contributed by atoms with Crippen LogP contribution in [0.25, 0.3) is 0 Å². The zero-order valence-corrected chi connectivity index (χ0v) is 14.3. The largest absolute Gasteiger partial charge is 0.468 e. The fourth-order valence-corrected chi connectivity index (χ4v) is 2.32. The van der Waals surface area contributed by atoms with Gasteiger partial charge in [-0.2, -0.15) is 0 Å². The molecule has 1 atom stereocenters. The van der Waals surface area contributed by atoms with E-state index in [0.29, 0.717) is 17.9 Å². The minimum Gasteiger partial charge on any atom is -0.468 e. The first kappa shape index (κ1) is 17.8. The topological polar surface area (TPSA) is 64.1 Å². The van der Waals surface area contributed by atoms with E-state index in [0.717, 1.165) is 11.5 Å². The zero-order valence-electron chi connectivity index (χ0n) is 14.3. The van der Waals surface area contributed by atoms with Gasteiger partial charge in [-0.15, -0.1) is 0 Å². The van der Waals surface area contributed by atoms with Gasteiger partial charge in [0.25, 0.3) is 0 Å². The van der Waals surface area contributed by atoms with E-state index in [2.05, 4.69) is 15.3 Å². The summed E-state index contributed by atoms with van der Waals surface area (Å²) in [5, 5.41) is 3.16. The molecular weight excluding hydrogens is 309 g/mol. The van der Waals surface area contributed by atoms with E-state index in [1.165, 1.54) is 19.2 Å². The number of nitrogens with zero attached hydrogens (tertiary/aromatic N) is 2. The Bertz CT molecular complexity index is 702. The first-order valence-electron chi connectivity index (χ1n) is 7.83. The van der Waals surface area contributed by atoms with Crippen LogP contribution >= 0.6 is 0 Å². The molecule has 0 fully saturated rings. The highest BCUT2D eigenvalue weighted by molar-refractivity contribution is 5.78. The van der Waals surface area contributed by atoms with Crippen LogP contribution in [0, 0.1) is 12.7 Å². The summed E-state index contributed by atoms with van der Waals surface area (Å²) in [6, 6.07) is 7.66. The Morgan fingerprint density at radius 2 is 1.92 bits per heavy atom. The lowest BCUT2D eigenvalue weighted by molar-refractivity contribution is -0.142. The van der Waals surface area contributed by atoms with Crippen LogP contribution in [-0.4, -0.2) is 29.6 Å². The molecule has 0 bridgehead atoms. The molecule has 0 amide bonds. The summed E-state index contributed by atoms with van der Waals surface area (Å²) < 4.78 is 18.0. The minimum absolute atomic E-state index is 0.207. The highest BCUT2D eigenvalue weighted by Crippen LogP contribution is 2.20. The molecule has 5 nitrogen and oxygen atoms in total. The molecule has 1 N–H and O–H groups in total. The number of nitrogens with one attached hydrogen (secondary N) is 1. The van der Waals surface area contributed by atoms with Gasteiger partial charge in [-0.1, -0.05) is 26.0 Å². The predicted molar refractivity (Wildman–Crippen MR) is 90.5 cm³/mol. The van der Waals surface area contributed by atoms with E-state index in [4.69, 9.17) is 4.74 Å². The van der Waals surface area contributed by atoms with Gasteiger partial charge < -0.3 is 10.1 Å². The number of hydrogen-bond donors (Lipinski definition) is 1. The molecule has 24 heavy (non-hydrogen) atoms. The molecule has 6 heteroatoms. The summed E-state index contributed by atoms with van der Waals surface area (Å²) in [6.07, 6.45) is 0. The average molecular weight is 331 g/mol. The molecular formula is C18H22FN3O2. The van der Waals surface area contributed by atoms with Crippen LogP contribution < -0.4 is 5.32 Å². The van der Waals surface area contributed by atoms with Crippen molar-refractivity contribution in [3.05, 3.63) is 53.2 Å². The van der Waals surface area contributed by atoms with Gasteiger partial charge >= 0.3 is 5.97 Å². The quantitative estimate of drug-likeness (QED) is 0.822. The normalized spacial score (nSPS) is 12.1. The van der Waals surface area contributed by atoms with Crippen LogP contribution in [0.2, 0.25) is 0 Å². The molecule has 1 heterocycles. The fourth-order valence-electron chi connectivity index (χ4n) is 2.32. The van der Waals surface area contributed by atoms with E-state index < -0.39 is 5.92 Å². The summed E-state index contributed by atoms with van der Waals surface area (Å²) >= 11 is 0. The number of aromatic nitrogens is 2. The minimum atomic E-state index is -0.548. The van der Waals surface area contributed by atoms with Crippen LogP contribution in [0.5, 0.6) is 0 Å². The Morgan fingerprint density at radius 3 is 2.50 bits per heavy atom. The Balaban J connectivity index is 2.19. The van der Waals surface area contributed by atoms with Crippen molar-refractivity contribution in [2.45, 2.75) is 32.6 Å². The molecule has 0 radical (unpaired) electrons. The Labute approximate surface area is 141 Å². The van der Waals surface area contributed by atoms with E-state index >= 15 is 0 Å². The van der Waals surface area contributed by atoms with Crippen molar-refractivity contribution in [1.29, 1.82) is 0 Å². The lowest BCUT2D eigenvalue weighted by Gasteiger charge is -2.17. The zero-order chi connectivity index (χ0) is 17.7. The molecule has 0 aliphatic carbocycles. The highest BCUT2D eigenvalue weighted by atomic mass is 19.1. The number of benzene rings is 1. The molecule has 128 valence electrons. The maximum Gasteiger partial charge on any atom is 0.314 e. The Kier molecular flexibility index (Phi) is 5.84. The van der Waals surface area contributed by atoms with E-state index in [9.17, 15) is 9.18 Å². The highest BCUT2D eigenvalue weighted by Gasteiger charge is 2.21. The van der Waals surface area contributed by atoms with Gasteiger partial charge in [-0.25, -0.2) is 14.4 Å². The number of rotatable bonds is 6. The molecule has 0 aliphatic heterocycles. The summed E-state index contributed by atoms with van der Waals surface area (Å²) in [6.45, 7) is 6.24. The van der Waals surface area contributed by atoms with Crippen LogP contribution in [0.3, 0.4) is 0 Å². The molecule has 2 aromatic rings. The average Bonchev–Trinajstić information content (AvgIpc) is 2.55. The van der Waals surface area contributed by atoms with Crippen molar-refractivity contribution in [1.82, 2.24) is 9.97 Å². The van der Waals surface area contributed by atoms with E-state index in [1.807, 2.05) is 26.8 Å². The summed E-state index contributed by atoms with van der Waals surface area (Å²) in [7, 11) is 1.34. The van der Waals surface area contributed by atoms with Crippen molar-refractivity contribution in [2.75, 3.05) is 19.0 Å². The molecule has 0 saturated carbocycles. The number of carbonyl (C=O) groups excluding carboxylic acids is 1. The summed E-state index contributed by atoms with van der Waals surface area (Å²) in [5.74, 6) is 0.329. The number of ether oxygens (including phenoxy) is 1. The van der Waals surface area contributed by atoms with E-state index in [-0.39, 0.29) is 17.7 Å². The van der Waals surface area contributed by atoms with Crippen molar-refractivity contribution in [3.8, 4) is 0 Å². The third-order valence-corrected chi connectivity index (χ3v) is 3.63.